The number of nitrogens with one attached hydrogen (secondary N) is 1. The van der Waals surface area contributed by atoms with E-state index in [2.05, 4.69) is 5.32 Å². The minimum Gasteiger partial charge on any atom is -0.354 e. The van der Waals surface area contributed by atoms with Crippen molar-refractivity contribution in [2.45, 2.75) is 37.8 Å². The van der Waals surface area contributed by atoms with Crippen molar-refractivity contribution in [1.29, 1.82) is 0 Å². The lowest BCUT2D eigenvalue weighted by Crippen LogP contribution is -2.53. The van der Waals surface area contributed by atoms with E-state index < -0.39 is 28.5 Å². The molecule has 0 aliphatic rings. The van der Waals surface area contributed by atoms with Crippen molar-refractivity contribution in [2.24, 2.45) is 5.92 Å². The predicted octanol–water partition coefficient (Wildman–Crippen LogP) is 6.18. The van der Waals surface area contributed by atoms with E-state index >= 15 is 0 Å². The maximum Gasteiger partial charge on any atom is 0.243 e. The number of fused-ring (bicyclic) bond motifs is 1. The Balaban J connectivity index is 1.70. The zero-order chi connectivity index (χ0) is 31.1. The third-order valence-corrected chi connectivity index (χ3v) is 9.64. The van der Waals surface area contributed by atoms with Gasteiger partial charge in [0.15, 0.2) is 0 Å². The number of benzene rings is 4. The Hall–Kier alpha value is -3.43. The van der Waals surface area contributed by atoms with Crippen molar-refractivity contribution in [3.8, 4) is 0 Å². The Labute approximate surface area is 263 Å². The van der Waals surface area contributed by atoms with Crippen LogP contribution in [0.15, 0.2) is 95.9 Å². The van der Waals surface area contributed by atoms with Crippen molar-refractivity contribution in [3.05, 3.63) is 112 Å². The molecule has 0 heterocycles. The molecule has 0 fully saturated rings. The average molecular weight is 641 g/mol. The van der Waals surface area contributed by atoms with Crippen molar-refractivity contribution in [3.63, 3.8) is 0 Å². The minimum absolute atomic E-state index is 0.0673. The van der Waals surface area contributed by atoms with Crippen LogP contribution in [-0.4, -0.2) is 55.6 Å². The van der Waals surface area contributed by atoms with Gasteiger partial charge in [-0.05, 0) is 46.5 Å². The highest BCUT2D eigenvalue weighted by Gasteiger charge is 2.34. The second kappa shape index (κ2) is 14.4. The van der Waals surface area contributed by atoms with Crippen LogP contribution in [0.3, 0.4) is 0 Å². The first kappa shape index (κ1) is 32.5. The summed E-state index contributed by atoms with van der Waals surface area (Å²) < 4.78 is 28.2. The van der Waals surface area contributed by atoms with E-state index in [1.165, 1.54) is 18.0 Å². The van der Waals surface area contributed by atoms with Crippen LogP contribution in [0.4, 0.5) is 0 Å². The SMILES string of the molecule is CC(C)CNC(=O)C(Cc1ccccc1)N(Cc1c(Cl)cccc1Cl)C(=O)CN(C)S(=O)(=O)c1ccc2ccccc2c1. The van der Waals surface area contributed by atoms with Crippen LogP contribution in [0.25, 0.3) is 10.8 Å². The van der Waals surface area contributed by atoms with E-state index in [0.29, 0.717) is 22.2 Å². The van der Waals surface area contributed by atoms with Gasteiger partial charge in [0.05, 0.1) is 11.4 Å². The molecule has 0 radical (unpaired) electrons. The van der Waals surface area contributed by atoms with Crippen LogP contribution in [0.2, 0.25) is 10.0 Å². The van der Waals surface area contributed by atoms with Gasteiger partial charge in [-0.3, -0.25) is 9.59 Å². The molecule has 4 aromatic carbocycles. The molecule has 0 aliphatic carbocycles. The van der Waals surface area contributed by atoms with E-state index in [1.54, 1.807) is 30.3 Å². The summed E-state index contributed by atoms with van der Waals surface area (Å²) in [7, 11) is -2.69. The van der Waals surface area contributed by atoms with E-state index in [0.717, 1.165) is 20.6 Å². The van der Waals surface area contributed by atoms with Gasteiger partial charge in [0.1, 0.15) is 6.04 Å². The number of nitrogens with zero attached hydrogens (tertiary/aromatic N) is 2. The normalized spacial score (nSPS) is 12.4. The third-order valence-electron chi connectivity index (χ3n) is 7.13. The first-order chi connectivity index (χ1) is 20.5. The Bertz CT molecular complexity index is 1680. The summed E-state index contributed by atoms with van der Waals surface area (Å²) in [6.45, 7) is 3.78. The first-order valence-corrected chi connectivity index (χ1v) is 16.2. The maximum absolute atomic E-state index is 14.1. The van der Waals surface area contributed by atoms with Crippen molar-refractivity contribution < 1.29 is 18.0 Å². The third kappa shape index (κ3) is 8.15. The smallest absolute Gasteiger partial charge is 0.243 e. The fraction of sp³-hybridized carbons (Fsp3) is 0.273. The molecule has 0 aromatic heterocycles. The Morgan fingerprint density at radius 3 is 2.12 bits per heavy atom. The lowest BCUT2D eigenvalue weighted by atomic mass is 10.0. The van der Waals surface area contributed by atoms with E-state index in [1.807, 2.05) is 68.4 Å². The molecule has 7 nitrogen and oxygen atoms in total. The number of halogens is 2. The highest BCUT2D eigenvalue weighted by molar-refractivity contribution is 7.89. The second-order valence-corrected chi connectivity index (χ2v) is 13.7. The summed E-state index contributed by atoms with van der Waals surface area (Å²) in [5.74, 6) is -0.737. The largest absolute Gasteiger partial charge is 0.354 e. The van der Waals surface area contributed by atoms with E-state index in [4.69, 9.17) is 23.2 Å². The molecule has 43 heavy (non-hydrogen) atoms. The molecule has 226 valence electrons. The number of sulfonamides is 1. The molecule has 4 rings (SSSR count). The minimum atomic E-state index is -4.04. The van der Waals surface area contributed by atoms with Crippen LogP contribution < -0.4 is 5.32 Å². The van der Waals surface area contributed by atoms with Crippen LogP contribution in [-0.2, 0) is 32.6 Å². The van der Waals surface area contributed by atoms with Crippen molar-refractivity contribution in [2.75, 3.05) is 20.1 Å². The Morgan fingerprint density at radius 2 is 1.47 bits per heavy atom. The fourth-order valence-electron chi connectivity index (χ4n) is 4.70. The topological polar surface area (TPSA) is 86.8 Å². The van der Waals surface area contributed by atoms with Gasteiger partial charge in [-0.2, -0.15) is 4.31 Å². The molecule has 0 bridgehead atoms. The summed E-state index contributed by atoms with van der Waals surface area (Å²) >= 11 is 13.0. The molecule has 4 aromatic rings. The fourth-order valence-corrected chi connectivity index (χ4v) is 6.38. The maximum atomic E-state index is 14.1. The van der Waals surface area contributed by atoms with Gasteiger partial charge in [-0.1, -0.05) is 104 Å². The molecular weight excluding hydrogens is 605 g/mol. The molecule has 0 spiro atoms. The standard InChI is InChI=1S/C33H35Cl2N3O4S/c1-23(2)20-36-33(40)31(18-24-10-5-4-6-11-24)38(21-28-29(34)14-9-15-30(28)35)32(39)22-37(3)43(41,42)27-17-16-25-12-7-8-13-26(25)19-27/h4-17,19,23,31H,18,20-22H2,1-3H3,(H,36,40). The molecule has 1 atom stereocenters. The number of hydrogen-bond acceptors (Lipinski definition) is 4. The Morgan fingerprint density at radius 1 is 0.837 bits per heavy atom. The monoisotopic (exact) mass is 639 g/mol. The van der Waals surface area contributed by atoms with Crippen molar-refractivity contribution in [1.82, 2.24) is 14.5 Å². The summed E-state index contributed by atoms with van der Waals surface area (Å²) in [5.41, 5.74) is 1.31. The lowest BCUT2D eigenvalue weighted by molar-refractivity contribution is -0.141. The number of amides is 2. The van der Waals surface area contributed by atoms with Gasteiger partial charge in [-0.25, -0.2) is 8.42 Å². The average Bonchev–Trinajstić information content (AvgIpc) is 2.99. The van der Waals surface area contributed by atoms with E-state index in [9.17, 15) is 18.0 Å². The first-order valence-electron chi connectivity index (χ1n) is 14.0. The van der Waals surface area contributed by atoms with Crippen molar-refractivity contribution >= 4 is 55.8 Å². The van der Waals surface area contributed by atoms with Crippen LogP contribution in [0, 0.1) is 5.92 Å². The lowest BCUT2D eigenvalue weighted by Gasteiger charge is -2.33. The van der Waals surface area contributed by atoms with Gasteiger partial charge < -0.3 is 10.2 Å². The van der Waals surface area contributed by atoms with Gasteiger partial charge in [0.25, 0.3) is 0 Å². The molecule has 2 amide bonds. The van der Waals surface area contributed by atoms with Gasteiger partial charge in [0.2, 0.25) is 21.8 Å². The number of rotatable bonds is 12. The highest BCUT2D eigenvalue weighted by atomic mass is 35.5. The van der Waals surface area contributed by atoms with Gasteiger partial charge in [-0.15, -0.1) is 0 Å². The molecule has 1 N–H and O–H groups in total. The number of carbonyl (C=O) groups excluding carboxylic acids is 2. The van der Waals surface area contributed by atoms with Crippen LogP contribution in [0.1, 0.15) is 25.0 Å². The van der Waals surface area contributed by atoms with E-state index in [-0.39, 0.29) is 29.7 Å². The molecular formula is C33H35Cl2N3O4S. The van der Waals surface area contributed by atoms with Crippen LogP contribution >= 0.6 is 23.2 Å². The zero-order valence-corrected chi connectivity index (χ0v) is 26.7. The van der Waals surface area contributed by atoms with Crippen LogP contribution in [0.5, 0.6) is 0 Å². The second-order valence-electron chi connectivity index (χ2n) is 10.8. The molecule has 0 aliphatic heterocycles. The number of likely N-dealkylation sites (N-methyl/N-ethyl adjacent to an activating group) is 1. The summed E-state index contributed by atoms with van der Waals surface area (Å²) in [5, 5.41) is 5.29. The summed E-state index contributed by atoms with van der Waals surface area (Å²) in [6, 6.07) is 25.7. The van der Waals surface area contributed by atoms with Gasteiger partial charge >= 0.3 is 0 Å². The summed E-state index contributed by atoms with van der Waals surface area (Å²) in [6.07, 6.45) is 0.208. The van der Waals surface area contributed by atoms with Gasteiger partial charge in [0, 0.05) is 42.2 Å². The zero-order valence-electron chi connectivity index (χ0n) is 24.3. The quantitative estimate of drug-likeness (QED) is 0.201. The molecule has 1 unspecified atom stereocenters. The highest BCUT2D eigenvalue weighted by Crippen LogP contribution is 2.28. The molecule has 0 saturated heterocycles. The summed E-state index contributed by atoms with van der Waals surface area (Å²) in [4.78, 5) is 29.2. The number of carbonyl (C=O) groups is 2. The number of hydrogen-bond donors (Lipinski definition) is 1. The predicted molar refractivity (Wildman–Crippen MR) is 173 cm³/mol. The molecule has 0 saturated carbocycles. The Kier molecular flexibility index (Phi) is 10.8. The molecule has 10 heteroatoms.